The van der Waals surface area contributed by atoms with Crippen molar-refractivity contribution < 1.29 is 19.2 Å². The first-order valence-electron chi connectivity index (χ1n) is 12.7. The summed E-state index contributed by atoms with van der Waals surface area (Å²) < 4.78 is 0. The molecule has 0 saturated heterocycles. The van der Waals surface area contributed by atoms with Crippen molar-refractivity contribution in [1.29, 1.82) is 0 Å². The van der Waals surface area contributed by atoms with Gasteiger partial charge in [-0.05, 0) is 62.1 Å². The van der Waals surface area contributed by atoms with Crippen molar-refractivity contribution in [3.05, 3.63) is 70.8 Å². The van der Waals surface area contributed by atoms with Gasteiger partial charge in [0.25, 0.3) is 23.6 Å². The van der Waals surface area contributed by atoms with Gasteiger partial charge in [-0.15, -0.1) is 0 Å². The standard InChI is InChI=1S/2C14H20N2O2/c2*1-3-8-15-13(17)11-6-5-7-12(10-11)14(18)16-9-4-2/h2*5-7,10H,3-4,8-9H2,1-2H3,(H,15,17)(H,16,18). The van der Waals surface area contributed by atoms with Gasteiger partial charge in [-0.2, -0.15) is 0 Å². The van der Waals surface area contributed by atoms with E-state index in [-0.39, 0.29) is 23.6 Å². The van der Waals surface area contributed by atoms with Crippen LogP contribution in [0.25, 0.3) is 0 Å². The smallest absolute Gasteiger partial charge is 0.251 e. The number of nitrogens with one attached hydrogen (secondary N) is 4. The van der Waals surface area contributed by atoms with Gasteiger partial charge in [0.1, 0.15) is 0 Å². The quantitative estimate of drug-likeness (QED) is 0.356. The van der Waals surface area contributed by atoms with Crippen LogP contribution < -0.4 is 21.3 Å². The van der Waals surface area contributed by atoms with E-state index in [1.165, 1.54) is 0 Å². The second kappa shape index (κ2) is 17.7. The van der Waals surface area contributed by atoms with Gasteiger partial charge in [0, 0.05) is 48.4 Å². The lowest BCUT2D eigenvalue weighted by molar-refractivity contribution is 0.0938. The second-order valence-corrected chi connectivity index (χ2v) is 8.19. The van der Waals surface area contributed by atoms with Gasteiger partial charge in [-0.1, -0.05) is 39.8 Å². The molecule has 2 rings (SSSR count). The molecule has 0 atom stereocenters. The Bertz CT molecular complexity index is 841. The van der Waals surface area contributed by atoms with Gasteiger partial charge >= 0.3 is 0 Å². The Hall–Kier alpha value is -3.68. The minimum Gasteiger partial charge on any atom is -0.352 e. The number of hydrogen-bond donors (Lipinski definition) is 4. The fraction of sp³-hybridized carbons (Fsp3) is 0.429. The summed E-state index contributed by atoms with van der Waals surface area (Å²) in [7, 11) is 0. The molecule has 0 saturated carbocycles. The van der Waals surface area contributed by atoms with E-state index < -0.39 is 0 Å². The summed E-state index contributed by atoms with van der Waals surface area (Å²) >= 11 is 0. The largest absolute Gasteiger partial charge is 0.352 e. The van der Waals surface area contributed by atoms with Crippen molar-refractivity contribution >= 4 is 23.6 Å². The third-order valence-corrected chi connectivity index (χ3v) is 4.92. The Morgan fingerprint density at radius 3 is 0.889 bits per heavy atom. The molecule has 196 valence electrons. The van der Waals surface area contributed by atoms with Crippen LogP contribution in [0.15, 0.2) is 48.5 Å². The highest BCUT2D eigenvalue weighted by Crippen LogP contribution is 2.06. The van der Waals surface area contributed by atoms with Gasteiger partial charge in [-0.25, -0.2) is 0 Å². The van der Waals surface area contributed by atoms with Crippen molar-refractivity contribution in [2.24, 2.45) is 0 Å². The lowest BCUT2D eigenvalue weighted by atomic mass is 10.1. The van der Waals surface area contributed by atoms with E-state index >= 15 is 0 Å². The number of carbonyl (C=O) groups is 4. The highest BCUT2D eigenvalue weighted by atomic mass is 16.2. The third kappa shape index (κ3) is 11.2. The molecule has 0 radical (unpaired) electrons. The SMILES string of the molecule is CCCNC(=O)c1cccc(C(=O)NCCC)c1.CCCNC(=O)c1cccc(C(=O)NCCC)c1. The maximum atomic E-state index is 11.7. The molecule has 36 heavy (non-hydrogen) atoms. The van der Waals surface area contributed by atoms with Crippen LogP contribution in [0.3, 0.4) is 0 Å². The van der Waals surface area contributed by atoms with Crippen LogP contribution in [0.4, 0.5) is 0 Å². The third-order valence-electron chi connectivity index (χ3n) is 4.92. The zero-order valence-electron chi connectivity index (χ0n) is 21.9. The average molecular weight is 497 g/mol. The molecule has 0 fully saturated rings. The molecule has 4 N–H and O–H groups in total. The van der Waals surface area contributed by atoms with Crippen molar-refractivity contribution in [3.63, 3.8) is 0 Å². The molecular weight excluding hydrogens is 456 g/mol. The van der Waals surface area contributed by atoms with Gasteiger partial charge in [0.15, 0.2) is 0 Å². The van der Waals surface area contributed by atoms with Crippen molar-refractivity contribution in [1.82, 2.24) is 21.3 Å². The lowest BCUT2D eigenvalue weighted by Gasteiger charge is -2.06. The van der Waals surface area contributed by atoms with Crippen molar-refractivity contribution in [2.45, 2.75) is 53.4 Å². The highest BCUT2D eigenvalue weighted by molar-refractivity contribution is 6.00. The fourth-order valence-corrected chi connectivity index (χ4v) is 2.97. The molecule has 0 unspecified atom stereocenters. The van der Waals surface area contributed by atoms with Crippen LogP contribution in [0.2, 0.25) is 0 Å². The minimum absolute atomic E-state index is 0.137. The molecule has 2 aromatic rings. The van der Waals surface area contributed by atoms with Crippen LogP contribution in [-0.2, 0) is 0 Å². The zero-order chi connectivity index (χ0) is 26.8. The summed E-state index contributed by atoms with van der Waals surface area (Å²) in [6.45, 7) is 10.6. The molecule has 0 aliphatic carbocycles. The Morgan fingerprint density at radius 2 is 0.694 bits per heavy atom. The summed E-state index contributed by atoms with van der Waals surface area (Å²) in [5.74, 6) is -0.548. The topological polar surface area (TPSA) is 116 Å². The molecule has 0 aromatic heterocycles. The zero-order valence-corrected chi connectivity index (χ0v) is 21.9. The van der Waals surface area contributed by atoms with E-state index in [1.54, 1.807) is 48.5 Å². The molecule has 0 aliphatic heterocycles. The molecule has 0 spiro atoms. The number of carbonyl (C=O) groups excluding carboxylic acids is 4. The highest BCUT2D eigenvalue weighted by Gasteiger charge is 2.10. The van der Waals surface area contributed by atoms with Gasteiger partial charge in [-0.3, -0.25) is 19.2 Å². The van der Waals surface area contributed by atoms with Gasteiger partial charge in [0.2, 0.25) is 0 Å². The van der Waals surface area contributed by atoms with E-state index in [1.807, 2.05) is 27.7 Å². The molecular formula is C28H40N4O4. The molecule has 0 bridgehead atoms. The second-order valence-electron chi connectivity index (χ2n) is 8.19. The van der Waals surface area contributed by atoms with Crippen LogP contribution >= 0.6 is 0 Å². The summed E-state index contributed by atoms with van der Waals surface area (Å²) in [6, 6.07) is 13.5. The van der Waals surface area contributed by atoms with E-state index in [0.717, 1.165) is 25.7 Å². The Balaban J connectivity index is 0.000000360. The molecule has 2 aromatic carbocycles. The number of hydrogen-bond acceptors (Lipinski definition) is 4. The monoisotopic (exact) mass is 496 g/mol. The average Bonchev–Trinajstić information content (AvgIpc) is 2.92. The first-order valence-corrected chi connectivity index (χ1v) is 12.7. The maximum Gasteiger partial charge on any atom is 0.251 e. The number of rotatable bonds is 12. The summed E-state index contributed by atoms with van der Waals surface area (Å²) in [5.41, 5.74) is 2.08. The molecule has 4 amide bonds. The van der Waals surface area contributed by atoms with Crippen LogP contribution in [-0.4, -0.2) is 49.8 Å². The Morgan fingerprint density at radius 1 is 0.472 bits per heavy atom. The Kier molecular flexibility index (Phi) is 14.9. The van der Waals surface area contributed by atoms with Crippen molar-refractivity contribution in [2.75, 3.05) is 26.2 Å². The van der Waals surface area contributed by atoms with Crippen LogP contribution in [0.1, 0.15) is 94.8 Å². The van der Waals surface area contributed by atoms with Crippen LogP contribution in [0, 0.1) is 0 Å². The fourth-order valence-electron chi connectivity index (χ4n) is 2.97. The van der Waals surface area contributed by atoms with Gasteiger partial charge < -0.3 is 21.3 Å². The maximum absolute atomic E-state index is 11.7. The van der Waals surface area contributed by atoms with E-state index in [4.69, 9.17) is 0 Å². The lowest BCUT2D eigenvalue weighted by Crippen LogP contribution is -2.26. The van der Waals surface area contributed by atoms with E-state index in [9.17, 15) is 19.2 Å². The predicted octanol–water partition coefficient (Wildman–Crippen LogP) is 3.93. The normalized spacial score (nSPS) is 9.89. The molecule has 8 heteroatoms. The summed E-state index contributed by atoms with van der Waals surface area (Å²) in [6.07, 6.45) is 3.57. The predicted molar refractivity (Wildman–Crippen MR) is 143 cm³/mol. The Labute approximate surface area is 214 Å². The number of benzene rings is 2. The molecule has 0 aliphatic rings. The molecule has 0 heterocycles. The molecule has 8 nitrogen and oxygen atoms in total. The summed E-state index contributed by atoms with van der Waals surface area (Å²) in [4.78, 5) is 47.0. The van der Waals surface area contributed by atoms with Gasteiger partial charge in [0.05, 0.1) is 0 Å². The summed E-state index contributed by atoms with van der Waals surface area (Å²) in [5, 5.41) is 11.1. The first-order chi connectivity index (χ1) is 17.4. The first kappa shape index (κ1) is 30.4. The minimum atomic E-state index is -0.137. The van der Waals surface area contributed by atoms with Crippen LogP contribution in [0.5, 0.6) is 0 Å². The van der Waals surface area contributed by atoms with Crippen molar-refractivity contribution in [3.8, 4) is 0 Å². The van der Waals surface area contributed by atoms with E-state index in [2.05, 4.69) is 21.3 Å². The van der Waals surface area contributed by atoms with E-state index in [0.29, 0.717) is 48.4 Å². The number of amides is 4.